The van der Waals surface area contributed by atoms with Crippen molar-refractivity contribution < 1.29 is 0 Å². The molecule has 1 aromatic carbocycles. The minimum absolute atomic E-state index is 0.220. The van der Waals surface area contributed by atoms with Crippen LogP contribution in [0, 0.1) is 19.3 Å². The van der Waals surface area contributed by atoms with Gasteiger partial charge in [-0.2, -0.15) is 0 Å². The van der Waals surface area contributed by atoms with Crippen molar-refractivity contribution in [3.63, 3.8) is 0 Å². The molecule has 0 saturated heterocycles. The molecule has 0 aliphatic heterocycles. The van der Waals surface area contributed by atoms with Crippen molar-refractivity contribution in [1.29, 1.82) is 0 Å². The van der Waals surface area contributed by atoms with E-state index in [-0.39, 0.29) is 6.04 Å². The van der Waals surface area contributed by atoms with E-state index in [4.69, 9.17) is 18.0 Å². The van der Waals surface area contributed by atoms with Gasteiger partial charge in [0, 0.05) is 17.5 Å². The lowest BCUT2D eigenvalue weighted by molar-refractivity contribution is 0.608. The third-order valence-corrected chi connectivity index (χ3v) is 2.51. The molecule has 0 aliphatic rings. The van der Waals surface area contributed by atoms with Crippen LogP contribution in [0.1, 0.15) is 23.6 Å². The zero-order chi connectivity index (χ0) is 10.6. The molecule has 0 amide bonds. The maximum atomic E-state index is 5.88. The molecule has 1 rings (SSSR count). The van der Waals surface area contributed by atoms with E-state index in [1.807, 2.05) is 32.2 Å². The summed E-state index contributed by atoms with van der Waals surface area (Å²) in [4.78, 5) is 0. The standard InChI is InChI=1S/C12H14ClN/c1-4-5-12(14-3)11-7-6-10(13)8-9(11)2/h1,6-8,12,14H,5H2,2-3H3. The number of hydrogen-bond acceptors (Lipinski definition) is 1. The smallest absolute Gasteiger partial charge is 0.0431 e. The van der Waals surface area contributed by atoms with Crippen LogP contribution < -0.4 is 5.32 Å². The minimum atomic E-state index is 0.220. The summed E-state index contributed by atoms with van der Waals surface area (Å²) in [7, 11) is 1.91. The van der Waals surface area contributed by atoms with E-state index >= 15 is 0 Å². The van der Waals surface area contributed by atoms with E-state index in [0.717, 1.165) is 5.02 Å². The van der Waals surface area contributed by atoms with E-state index in [0.29, 0.717) is 6.42 Å². The molecular weight excluding hydrogens is 194 g/mol. The van der Waals surface area contributed by atoms with Gasteiger partial charge in [-0.05, 0) is 37.2 Å². The van der Waals surface area contributed by atoms with Crippen molar-refractivity contribution in [1.82, 2.24) is 5.32 Å². The Labute approximate surface area is 90.5 Å². The van der Waals surface area contributed by atoms with Gasteiger partial charge in [0.05, 0.1) is 0 Å². The molecule has 1 N–H and O–H groups in total. The number of hydrogen-bond donors (Lipinski definition) is 1. The highest BCUT2D eigenvalue weighted by molar-refractivity contribution is 6.30. The predicted octanol–water partition coefficient (Wildman–Crippen LogP) is 2.93. The van der Waals surface area contributed by atoms with Crippen LogP contribution in [0.5, 0.6) is 0 Å². The number of aryl methyl sites for hydroxylation is 1. The van der Waals surface area contributed by atoms with Gasteiger partial charge in [-0.15, -0.1) is 12.3 Å². The van der Waals surface area contributed by atoms with Crippen LogP contribution in [0.15, 0.2) is 18.2 Å². The first kappa shape index (κ1) is 11.1. The van der Waals surface area contributed by atoms with Crippen molar-refractivity contribution >= 4 is 11.6 Å². The van der Waals surface area contributed by atoms with E-state index in [2.05, 4.69) is 11.2 Å². The number of halogens is 1. The predicted molar refractivity (Wildman–Crippen MR) is 61.4 cm³/mol. The number of rotatable bonds is 3. The molecule has 0 aromatic heterocycles. The Kier molecular flexibility index (Phi) is 4.00. The Morgan fingerprint density at radius 1 is 1.57 bits per heavy atom. The van der Waals surface area contributed by atoms with Crippen molar-refractivity contribution in [2.45, 2.75) is 19.4 Å². The lowest BCUT2D eigenvalue weighted by Crippen LogP contribution is -2.16. The van der Waals surface area contributed by atoms with Gasteiger partial charge in [0.25, 0.3) is 0 Å². The highest BCUT2D eigenvalue weighted by atomic mass is 35.5. The third kappa shape index (κ3) is 2.51. The van der Waals surface area contributed by atoms with Crippen molar-refractivity contribution in [3.05, 3.63) is 34.3 Å². The first-order valence-electron chi connectivity index (χ1n) is 4.55. The summed E-state index contributed by atoms with van der Waals surface area (Å²) in [6.07, 6.45) is 6.00. The summed E-state index contributed by atoms with van der Waals surface area (Å²) in [5.74, 6) is 2.66. The van der Waals surface area contributed by atoms with Gasteiger partial charge in [-0.25, -0.2) is 0 Å². The molecular formula is C12H14ClN. The SMILES string of the molecule is C#CCC(NC)c1ccc(Cl)cc1C. The second kappa shape index (κ2) is 5.05. The quantitative estimate of drug-likeness (QED) is 0.752. The summed E-state index contributed by atoms with van der Waals surface area (Å²) in [5, 5.41) is 3.96. The highest BCUT2D eigenvalue weighted by Gasteiger charge is 2.09. The molecule has 0 radical (unpaired) electrons. The Balaban J connectivity index is 2.99. The summed E-state index contributed by atoms with van der Waals surface area (Å²) in [6.45, 7) is 2.04. The number of nitrogens with one attached hydrogen (secondary N) is 1. The van der Waals surface area contributed by atoms with Gasteiger partial charge in [0.1, 0.15) is 0 Å². The van der Waals surface area contributed by atoms with Crippen molar-refractivity contribution in [2.75, 3.05) is 7.05 Å². The fourth-order valence-corrected chi connectivity index (χ4v) is 1.74. The first-order chi connectivity index (χ1) is 6.69. The van der Waals surface area contributed by atoms with Crippen molar-refractivity contribution in [2.24, 2.45) is 0 Å². The van der Waals surface area contributed by atoms with Crippen LogP contribution in [0.25, 0.3) is 0 Å². The van der Waals surface area contributed by atoms with Crippen LogP contribution in [0.2, 0.25) is 5.02 Å². The van der Waals surface area contributed by atoms with Gasteiger partial charge < -0.3 is 5.32 Å². The Hall–Kier alpha value is -0.970. The highest BCUT2D eigenvalue weighted by Crippen LogP contribution is 2.22. The largest absolute Gasteiger partial charge is 0.312 e. The van der Waals surface area contributed by atoms with Gasteiger partial charge in [-0.1, -0.05) is 17.7 Å². The van der Waals surface area contributed by atoms with E-state index in [1.165, 1.54) is 11.1 Å². The third-order valence-electron chi connectivity index (χ3n) is 2.28. The van der Waals surface area contributed by atoms with Gasteiger partial charge in [0.2, 0.25) is 0 Å². The number of benzene rings is 1. The second-order valence-corrected chi connectivity index (χ2v) is 3.69. The molecule has 1 atom stereocenters. The molecule has 0 saturated carbocycles. The van der Waals surface area contributed by atoms with Crippen LogP contribution in [-0.2, 0) is 0 Å². The summed E-state index contributed by atoms with van der Waals surface area (Å²) < 4.78 is 0. The zero-order valence-corrected chi connectivity index (χ0v) is 9.23. The van der Waals surface area contributed by atoms with Gasteiger partial charge in [-0.3, -0.25) is 0 Å². The molecule has 0 bridgehead atoms. The van der Waals surface area contributed by atoms with Gasteiger partial charge >= 0.3 is 0 Å². The fourth-order valence-electron chi connectivity index (χ4n) is 1.52. The minimum Gasteiger partial charge on any atom is -0.312 e. The Morgan fingerprint density at radius 3 is 2.79 bits per heavy atom. The fraction of sp³-hybridized carbons (Fsp3) is 0.333. The van der Waals surface area contributed by atoms with E-state index in [9.17, 15) is 0 Å². The average molecular weight is 208 g/mol. The van der Waals surface area contributed by atoms with Crippen LogP contribution in [0.3, 0.4) is 0 Å². The monoisotopic (exact) mass is 207 g/mol. The molecule has 2 heteroatoms. The van der Waals surface area contributed by atoms with E-state index in [1.54, 1.807) is 0 Å². The number of terminal acetylenes is 1. The summed E-state index contributed by atoms with van der Waals surface area (Å²) in [5.41, 5.74) is 2.39. The molecule has 0 heterocycles. The first-order valence-corrected chi connectivity index (χ1v) is 4.93. The Morgan fingerprint density at radius 2 is 2.29 bits per heavy atom. The molecule has 0 fully saturated rings. The lowest BCUT2D eigenvalue weighted by Gasteiger charge is -2.16. The topological polar surface area (TPSA) is 12.0 Å². The van der Waals surface area contributed by atoms with Crippen LogP contribution in [-0.4, -0.2) is 7.05 Å². The molecule has 1 unspecified atom stereocenters. The second-order valence-electron chi connectivity index (χ2n) is 3.25. The van der Waals surface area contributed by atoms with Crippen LogP contribution >= 0.6 is 11.6 Å². The molecule has 14 heavy (non-hydrogen) atoms. The molecule has 0 aliphatic carbocycles. The van der Waals surface area contributed by atoms with Crippen molar-refractivity contribution in [3.8, 4) is 12.3 Å². The molecule has 0 spiro atoms. The Bertz CT molecular complexity index is 352. The molecule has 1 aromatic rings. The molecule has 1 nitrogen and oxygen atoms in total. The zero-order valence-electron chi connectivity index (χ0n) is 8.47. The van der Waals surface area contributed by atoms with E-state index < -0.39 is 0 Å². The normalized spacial score (nSPS) is 12.1. The lowest BCUT2D eigenvalue weighted by atomic mass is 9.99. The van der Waals surface area contributed by atoms with Crippen LogP contribution in [0.4, 0.5) is 0 Å². The maximum Gasteiger partial charge on any atom is 0.0431 e. The molecule has 74 valence electrons. The maximum absolute atomic E-state index is 5.88. The average Bonchev–Trinajstić information content (AvgIpc) is 2.15. The summed E-state index contributed by atoms with van der Waals surface area (Å²) >= 11 is 5.88. The van der Waals surface area contributed by atoms with Gasteiger partial charge in [0.15, 0.2) is 0 Å². The summed E-state index contributed by atoms with van der Waals surface area (Å²) in [6, 6.07) is 6.09.